The first-order valence-electron chi connectivity index (χ1n) is 6.30. The predicted octanol–water partition coefficient (Wildman–Crippen LogP) is 1.63. The number of thiophene rings is 1. The van der Waals surface area contributed by atoms with Crippen molar-refractivity contribution >= 4 is 17.2 Å². The van der Waals surface area contributed by atoms with Gasteiger partial charge in [-0.15, -0.1) is 11.3 Å². The third kappa shape index (κ3) is 3.31. The number of hydrogen-bond donors (Lipinski definition) is 1. The van der Waals surface area contributed by atoms with E-state index in [4.69, 9.17) is 10.5 Å². The molecular formula is C13H20N2O2S. The van der Waals surface area contributed by atoms with E-state index in [0.717, 1.165) is 37.5 Å². The number of rotatable bonds is 4. The highest BCUT2D eigenvalue weighted by Crippen LogP contribution is 2.20. The van der Waals surface area contributed by atoms with Crippen molar-refractivity contribution in [1.82, 2.24) is 4.90 Å². The summed E-state index contributed by atoms with van der Waals surface area (Å²) in [5, 5.41) is 1.95. The maximum Gasteiger partial charge on any atom is 0.244 e. The number of carbonyl (C=O) groups excluding carboxylic acids is 1. The largest absolute Gasteiger partial charge is 0.381 e. The molecule has 1 unspecified atom stereocenters. The first-order valence-corrected chi connectivity index (χ1v) is 7.18. The van der Waals surface area contributed by atoms with Gasteiger partial charge >= 0.3 is 0 Å². The standard InChI is InChI=1S/C13H20N2O2S/c1-15(9-10-4-6-17-7-5-10)13(16)12(14)11-3-2-8-18-11/h2-3,8,10,12H,4-7,9,14H2,1H3. The molecular weight excluding hydrogens is 248 g/mol. The Labute approximate surface area is 112 Å². The fourth-order valence-electron chi connectivity index (χ4n) is 2.23. The van der Waals surface area contributed by atoms with Crippen molar-refractivity contribution in [3.05, 3.63) is 22.4 Å². The summed E-state index contributed by atoms with van der Waals surface area (Å²) >= 11 is 1.53. The second-order valence-corrected chi connectivity index (χ2v) is 5.75. The maximum absolute atomic E-state index is 12.2. The highest BCUT2D eigenvalue weighted by Gasteiger charge is 2.23. The summed E-state index contributed by atoms with van der Waals surface area (Å²) in [7, 11) is 1.84. The normalized spacial score (nSPS) is 18.6. The van der Waals surface area contributed by atoms with Crippen LogP contribution in [0.5, 0.6) is 0 Å². The molecule has 18 heavy (non-hydrogen) atoms. The zero-order chi connectivity index (χ0) is 13.0. The quantitative estimate of drug-likeness (QED) is 0.903. The Bertz CT molecular complexity index is 374. The molecule has 1 saturated heterocycles. The lowest BCUT2D eigenvalue weighted by atomic mass is 9.99. The fourth-order valence-corrected chi connectivity index (χ4v) is 2.95. The van der Waals surface area contributed by atoms with Gasteiger partial charge in [0.25, 0.3) is 0 Å². The number of nitrogens with two attached hydrogens (primary N) is 1. The number of likely N-dealkylation sites (N-methyl/N-ethyl adjacent to an activating group) is 1. The SMILES string of the molecule is CN(CC1CCOCC1)C(=O)C(N)c1cccs1. The smallest absolute Gasteiger partial charge is 0.244 e. The number of ether oxygens (including phenoxy) is 1. The highest BCUT2D eigenvalue weighted by molar-refractivity contribution is 7.10. The Balaban J connectivity index is 1.87. The van der Waals surface area contributed by atoms with E-state index in [1.807, 2.05) is 24.6 Å². The Morgan fingerprint density at radius 1 is 1.61 bits per heavy atom. The van der Waals surface area contributed by atoms with E-state index in [2.05, 4.69) is 0 Å². The van der Waals surface area contributed by atoms with Crippen molar-refractivity contribution in [1.29, 1.82) is 0 Å². The van der Waals surface area contributed by atoms with E-state index in [9.17, 15) is 4.79 Å². The van der Waals surface area contributed by atoms with Crippen molar-refractivity contribution < 1.29 is 9.53 Å². The van der Waals surface area contributed by atoms with E-state index in [-0.39, 0.29) is 5.91 Å². The van der Waals surface area contributed by atoms with Crippen LogP contribution in [-0.2, 0) is 9.53 Å². The van der Waals surface area contributed by atoms with Crippen LogP contribution in [0.15, 0.2) is 17.5 Å². The Hall–Kier alpha value is -0.910. The van der Waals surface area contributed by atoms with Crippen LogP contribution in [0, 0.1) is 5.92 Å². The molecule has 0 aliphatic carbocycles. The van der Waals surface area contributed by atoms with Gasteiger partial charge in [0.2, 0.25) is 5.91 Å². The van der Waals surface area contributed by atoms with Crippen LogP contribution in [0.4, 0.5) is 0 Å². The van der Waals surface area contributed by atoms with Gasteiger partial charge in [-0.25, -0.2) is 0 Å². The molecule has 1 aromatic rings. The third-order valence-corrected chi connectivity index (χ3v) is 4.32. The van der Waals surface area contributed by atoms with Crippen LogP contribution in [0.3, 0.4) is 0 Å². The van der Waals surface area contributed by atoms with E-state index >= 15 is 0 Å². The average Bonchev–Trinajstić information content (AvgIpc) is 2.92. The summed E-state index contributed by atoms with van der Waals surface area (Å²) in [6.45, 7) is 2.40. The lowest BCUT2D eigenvalue weighted by molar-refractivity contribution is -0.132. The third-order valence-electron chi connectivity index (χ3n) is 3.36. The summed E-state index contributed by atoms with van der Waals surface area (Å²) in [5.41, 5.74) is 5.98. The van der Waals surface area contributed by atoms with Gasteiger partial charge in [-0.2, -0.15) is 0 Å². The topological polar surface area (TPSA) is 55.6 Å². The second-order valence-electron chi connectivity index (χ2n) is 4.77. The summed E-state index contributed by atoms with van der Waals surface area (Å²) in [6, 6.07) is 3.32. The van der Waals surface area contributed by atoms with Crippen LogP contribution in [0.1, 0.15) is 23.8 Å². The van der Waals surface area contributed by atoms with Gasteiger partial charge in [-0.05, 0) is 30.2 Å². The molecule has 0 bridgehead atoms. The summed E-state index contributed by atoms with van der Waals surface area (Å²) in [4.78, 5) is 14.9. The highest BCUT2D eigenvalue weighted by atomic mass is 32.1. The fraction of sp³-hybridized carbons (Fsp3) is 0.615. The van der Waals surface area contributed by atoms with E-state index in [1.54, 1.807) is 4.90 Å². The minimum absolute atomic E-state index is 0.00365. The molecule has 1 amide bonds. The van der Waals surface area contributed by atoms with Crippen LogP contribution in [-0.4, -0.2) is 37.6 Å². The molecule has 0 spiro atoms. The van der Waals surface area contributed by atoms with Gasteiger partial charge in [0.15, 0.2) is 0 Å². The van der Waals surface area contributed by atoms with Gasteiger partial charge < -0.3 is 15.4 Å². The van der Waals surface area contributed by atoms with Gasteiger partial charge in [0.05, 0.1) is 0 Å². The molecule has 1 aromatic heterocycles. The summed E-state index contributed by atoms with van der Waals surface area (Å²) in [6.07, 6.45) is 2.07. The van der Waals surface area contributed by atoms with Crippen molar-refractivity contribution in [3.63, 3.8) is 0 Å². The minimum Gasteiger partial charge on any atom is -0.381 e. The maximum atomic E-state index is 12.2. The molecule has 1 aliphatic heterocycles. The molecule has 1 atom stereocenters. The molecule has 2 N–H and O–H groups in total. The average molecular weight is 268 g/mol. The molecule has 5 heteroatoms. The Morgan fingerprint density at radius 2 is 2.33 bits per heavy atom. The first kappa shape index (κ1) is 13.5. The number of carbonyl (C=O) groups is 1. The van der Waals surface area contributed by atoms with Crippen molar-refractivity contribution in [2.24, 2.45) is 11.7 Å². The van der Waals surface area contributed by atoms with E-state index < -0.39 is 6.04 Å². The number of hydrogen-bond acceptors (Lipinski definition) is 4. The van der Waals surface area contributed by atoms with E-state index in [0.29, 0.717) is 5.92 Å². The van der Waals surface area contributed by atoms with Gasteiger partial charge in [-0.3, -0.25) is 4.79 Å². The van der Waals surface area contributed by atoms with Gasteiger partial charge in [0.1, 0.15) is 6.04 Å². The second kappa shape index (κ2) is 6.31. The van der Waals surface area contributed by atoms with Crippen molar-refractivity contribution in [2.45, 2.75) is 18.9 Å². The van der Waals surface area contributed by atoms with Crippen LogP contribution >= 0.6 is 11.3 Å². The predicted molar refractivity (Wildman–Crippen MR) is 72.4 cm³/mol. The molecule has 0 aromatic carbocycles. The Kier molecular flexibility index (Phi) is 4.74. The van der Waals surface area contributed by atoms with Gasteiger partial charge in [-0.1, -0.05) is 6.07 Å². The van der Waals surface area contributed by atoms with E-state index in [1.165, 1.54) is 11.3 Å². The first-order chi connectivity index (χ1) is 8.68. The van der Waals surface area contributed by atoms with Crippen LogP contribution in [0.2, 0.25) is 0 Å². The zero-order valence-electron chi connectivity index (χ0n) is 10.7. The summed E-state index contributed by atoms with van der Waals surface area (Å²) < 4.78 is 5.32. The van der Waals surface area contributed by atoms with Crippen LogP contribution in [0.25, 0.3) is 0 Å². The molecule has 2 heterocycles. The van der Waals surface area contributed by atoms with Gasteiger partial charge in [0, 0.05) is 31.7 Å². The molecule has 0 radical (unpaired) electrons. The molecule has 4 nitrogen and oxygen atoms in total. The number of amides is 1. The lowest BCUT2D eigenvalue weighted by Crippen LogP contribution is -2.39. The minimum atomic E-state index is -0.519. The molecule has 100 valence electrons. The molecule has 2 rings (SSSR count). The monoisotopic (exact) mass is 268 g/mol. The lowest BCUT2D eigenvalue weighted by Gasteiger charge is -2.28. The Morgan fingerprint density at radius 3 is 2.94 bits per heavy atom. The van der Waals surface area contributed by atoms with Crippen molar-refractivity contribution in [3.8, 4) is 0 Å². The zero-order valence-corrected chi connectivity index (χ0v) is 11.5. The van der Waals surface area contributed by atoms with Crippen molar-refractivity contribution in [2.75, 3.05) is 26.8 Å². The van der Waals surface area contributed by atoms with Crippen LogP contribution < -0.4 is 5.73 Å². The molecule has 1 fully saturated rings. The summed E-state index contributed by atoms with van der Waals surface area (Å²) in [5.74, 6) is 0.548. The molecule has 0 saturated carbocycles. The molecule has 1 aliphatic rings. The number of nitrogens with zero attached hydrogens (tertiary/aromatic N) is 1.